The second kappa shape index (κ2) is 7.10. The number of hydrogen-bond acceptors (Lipinski definition) is 2. The van der Waals surface area contributed by atoms with E-state index in [0.717, 1.165) is 11.8 Å². The highest BCUT2D eigenvalue weighted by Crippen LogP contribution is 2.29. The summed E-state index contributed by atoms with van der Waals surface area (Å²) in [5.41, 5.74) is 0. The third-order valence-electron chi connectivity index (χ3n) is 4.11. The Labute approximate surface area is 115 Å². The normalized spacial score (nSPS) is 25.1. The summed E-state index contributed by atoms with van der Waals surface area (Å²) in [4.78, 5) is 5.35. The predicted octanol–water partition coefficient (Wildman–Crippen LogP) is 2.83. The molecule has 1 aliphatic carbocycles. The lowest BCUT2D eigenvalue weighted by Crippen LogP contribution is -2.48. The fourth-order valence-corrected chi connectivity index (χ4v) is 3.34. The van der Waals surface area contributed by atoms with E-state index in [2.05, 4.69) is 32.7 Å². The fourth-order valence-electron chi connectivity index (χ4n) is 2.81. The second-order valence-corrected chi connectivity index (χ2v) is 6.50. The Morgan fingerprint density at radius 2 is 1.76 bits per heavy atom. The predicted molar refractivity (Wildman–Crippen MR) is 77.8 cm³/mol. The van der Waals surface area contributed by atoms with E-state index >= 15 is 0 Å². The van der Waals surface area contributed by atoms with Crippen LogP contribution in [-0.4, -0.2) is 54.4 Å². The molecule has 1 saturated carbocycles. The van der Waals surface area contributed by atoms with Crippen LogP contribution in [0.25, 0.3) is 0 Å². The molecule has 2 nitrogen and oxygen atoms in total. The van der Waals surface area contributed by atoms with E-state index in [9.17, 15) is 0 Å². The highest BCUT2D eigenvalue weighted by atomic mass is 79.9. The van der Waals surface area contributed by atoms with Crippen molar-refractivity contribution in [1.82, 2.24) is 9.80 Å². The van der Waals surface area contributed by atoms with Gasteiger partial charge in [0.1, 0.15) is 0 Å². The number of alkyl halides is 1. The number of halogens is 1. The van der Waals surface area contributed by atoms with Gasteiger partial charge >= 0.3 is 0 Å². The second-order valence-electron chi connectivity index (χ2n) is 5.85. The van der Waals surface area contributed by atoms with E-state index in [1.807, 2.05) is 0 Å². The zero-order valence-electron chi connectivity index (χ0n) is 11.2. The minimum atomic E-state index is 0.856. The van der Waals surface area contributed by atoms with Crippen molar-refractivity contribution in [2.45, 2.75) is 32.6 Å². The lowest BCUT2D eigenvalue weighted by atomic mass is 10.1. The van der Waals surface area contributed by atoms with Gasteiger partial charge < -0.3 is 9.80 Å². The summed E-state index contributed by atoms with van der Waals surface area (Å²) >= 11 is 3.66. The smallest absolute Gasteiger partial charge is 0.0110 e. The molecule has 2 rings (SSSR count). The standard InChI is InChI=1S/C14H27BrN2/c1-2-3-14(10-15)12-17-8-6-16(7-9-17)11-13-4-5-13/h13-14H,2-12H2,1H3. The van der Waals surface area contributed by atoms with Crippen LogP contribution in [0.5, 0.6) is 0 Å². The molecule has 3 heteroatoms. The summed E-state index contributed by atoms with van der Waals surface area (Å²) < 4.78 is 0. The Morgan fingerprint density at radius 1 is 1.12 bits per heavy atom. The SMILES string of the molecule is CCCC(CBr)CN1CCN(CC2CC2)CC1. The van der Waals surface area contributed by atoms with Gasteiger partial charge in [0, 0.05) is 44.6 Å². The lowest BCUT2D eigenvalue weighted by Gasteiger charge is -2.36. The molecule has 1 heterocycles. The van der Waals surface area contributed by atoms with Gasteiger partial charge in [0.2, 0.25) is 0 Å². The van der Waals surface area contributed by atoms with Crippen molar-refractivity contribution in [3.8, 4) is 0 Å². The molecular formula is C14H27BrN2. The molecule has 1 saturated heterocycles. The van der Waals surface area contributed by atoms with Crippen molar-refractivity contribution in [3.05, 3.63) is 0 Å². The molecule has 1 atom stereocenters. The maximum absolute atomic E-state index is 3.66. The Hall–Kier alpha value is 0.400. The van der Waals surface area contributed by atoms with Crippen LogP contribution in [0, 0.1) is 11.8 Å². The molecule has 1 aliphatic heterocycles. The van der Waals surface area contributed by atoms with E-state index in [0.29, 0.717) is 0 Å². The molecule has 1 unspecified atom stereocenters. The van der Waals surface area contributed by atoms with Gasteiger partial charge in [-0.2, -0.15) is 0 Å². The number of nitrogens with zero attached hydrogens (tertiary/aromatic N) is 2. The molecule has 0 radical (unpaired) electrons. The van der Waals surface area contributed by atoms with Crippen molar-refractivity contribution in [2.75, 3.05) is 44.6 Å². The van der Waals surface area contributed by atoms with Crippen LogP contribution in [0.15, 0.2) is 0 Å². The molecular weight excluding hydrogens is 276 g/mol. The molecule has 0 bridgehead atoms. The third-order valence-corrected chi connectivity index (χ3v) is 5.03. The van der Waals surface area contributed by atoms with Gasteiger partial charge in [-0.3, -0.25) is 0 Å². The Morgan fingerprint density at radius 3 is 2.29 bits per heavy atom. The minimum absolute atomic E-state index is 0.856. The van der Waals surface area contributed by atoms with Gasteiger partial charge in [-0.25, -0.2) is 0 Å². The highest BCUT2D eigenvalue weighted by Gasteiger charge is 2.26. The van der Waals surface area contributed by atoms with Crippen LogP contribution < -0.4 is 0 Å². The molecule has 0 aromatic heterocycles. The first-order valence-corrected chi connectivity index (χ1v) is 8.44. The molecule has 0 aromatic carbocycles. The van der Waals surface area contributed by atoms with E-state index in [1.165, 1.54) is 70.3 Å². The van der Waals surface area contributed by atoms with Gasteiger partial charge in [-0.05, 0) is 31.1 Å². The molecule has 100 valence electrons. The summed E-state index contributed by atoms with van der Waals surface area (Å²) in [5, 5.41) is 1.17. The number of piperazine rings is 1. The summed E-state index contributed by atoms with van der Waals surface area (Å²) in [6.07, 6.45) is 5.66. The van der Waals surface area contributed by atoms with Crippen LogP contribution in [0.4, 0.5) is 0 Å². The first-order chi connectivity index (χ1) is 8.31. The monoisotopic (exact) mass is 302 g/mol. The van der Waals surface area contributed by atoms with E-state index in [4.69, 9.17) is 0 Å². The van der Waals surface area contributed by atoms with Gasteiger partial charge in [0.05, 0.1) is 0 Å². The Kier molecular flexibility index (Phi) is 5.78. The molecule has 0 N–H and O–H groups in total. The van der Waals surface area contributed by atoms with Gasteiger partial charge in [0.15, 0.2) is 0 Å². The maximum Gasteiger partial charge on any atom is 0.0110 e. The highest BCUT2D eigenvalue weighted by molar-refractivity contribution is 9.09. The average Bonchev–Trinajstić information content (AvgIpc) is 3.15. The van der Waals surface area contributed by atoms with Crippen molar-refractivity contribution in [1.29, 1.82) is 0 Å². The zero-order valence-corrected chi connectivity index (χ0v) is 12.8. The third kappa shape index (κ3) is 4.88. The largest absolute Gasteiger partial charge is 0.301 e. The van der Waals surface area contributed by atoms with Crippen LogP contribution >= 0.6 is 15.9 Å². The van der Waals surface area contributed by atoms with Crippen LogP contribution in [0.3, 0.4) is 0 Å². The Bertz CT molecular complexity index is 210. The van der Waals surface area contributed by atoms with E-state index in [1.54, 1.807) is 0 Å². The minimum Gasteiger partial charge on any atom is -0.301 e. The topological polar surface area (TPSA) is 6.48 Å². The molecule has 0 spiro atoms. The van der Waals surface area contributed by atoms with Crippen molar-refractivity contribution >= 4 is 15.9 Å². The van der Waals surface area contributed by atoms with Gasteiger partial charge in [-0.1, -0.05) is 29.3 Å². The Balaban J connectivity index is 1.63. The first-order valence-electron chi connectivity index (χ1n) is 7.32. The van der Waals surface area contributed by atoms with Crippen molar-refractivity contribution in [3.63, 3.8) is 0 Å². The molecule has 2 aliphatic rings. The summed E-state index contributed by atoms with van der Waals surface area (Å²) in [6.45, 7) is 10.2. The molecule has 0 aromatic rings. The van der Waals surface area contributed by atoms with Crippen molar-refractivity contribution < 1.29 is 0 Å². The number of hydrogen-bond donors (Lipinski definition) is 0. The molecule has 0 amide bonds. The van der Waals surface area contributed by atoms with Crippen LogP contribution in [0.1, 0.15) is 32.6 Å². The summed E-state index contributed by atoms with van der Waals surface area (Å²) in [6, 6.07) is 0. The van der Waals surface area contributed by atoms with Crippen LogP contribution in [-0.2, 0) is 0 Å². The van der Waals surface area contributed by atoms with Crippen LogP contribution in [0.2, 0.25) is 0 Å². The fraction of sp³-hybridized carbons (Fsp3) is 1.00. The average molecular weight is 303 g/mol. The van der Waals surface area contributed by atoms with Gasteiger partial charge in [-0.15, -0.1) is 0 Å². The van der Waals surface area contributed by atoms with Crippen molar-refractivity contribution in [2.24, 2.45) is 11.8 Å². The van der Waals surface area contributed by atoms with E-state index < -0.39 is 0 Å². The zero-order chi connectivity index (χ0) is 12.1. The maximum atomic E-state index is 3.66. The molecule has 2 fully saturated rings. The summed E-state index contributed by atoms with van der Waals surface area (Å²) in [5.74, 6) is 1.91. The summed E-state index contributed by atoms with van der Waals surface area (Å²) in [7, 11) is 0. The quantitative estimate of drug-likeness (QED) is 0.667. The molecule has 17 heavy (non-hydrogen) atoms. The lowest BCUT2D eigenvalue weighted by molar-refractivity contribution is 0.116. The van der Waals surface area contributed by atoms with E-state index in [-0.39, 0.29) is 0 Å². The van der Waals surface area contributed by atoms with Gasteiger partial charge in [0.25, 0.3) is 0 Å². The number of rotatable bonds is 7. The first kappa shape index (κ1) is 13.8.